The van der Waals surface area contributed by atoms with E-state index in [-0.39, 0.29) is 17.7 Å². The summed E-state index contributed by atoms with van der Waals surface area (Å²) in [5, 5.41) is 4.83. The molecule has 0 saturated carbocycles. The molecule has 4 nitrogen and oxygen atoms in total. The number of furan rings is 1. The molecule has 9 aromatic carbocycles. The van der Waals surface area contributed by atoms with E-state index in [2.05, 4.69) is 250 Å². The zero-order chi connectivity index (χ0) is 45.3. The lowest BCUT2D eigenvalue weighted by Gasteiger charge is -2.41. The number of benzene rings is 9. The number of anilines is 6. The van der Waals surface area contributed by atoms with Crippen LogP contribution in [0.1, 0.15) is 52.7 Å². The zero-order valence-corrected chi connectivity index (χ0v) is 38.8. The van der Waals surface area contributed by atoms with E-state index < -0.39 is 0 Å². The summed E-state index contributed by atoms with van der Waals surface area (Å²) in [4.78, 5) is 4.90. The van der Waals surface area contributed by atoms with Crippen molar-refractivity contribution in [2.45, 2.75) is 52.4 Å². The molecule has 322 valence electrons. The van der Waals surface area contributed by atoms with Crippen LogP contribution in [-0.2, 0) is 10.8 Å². The van der Waals surface area contributed by atoms with Crippen molar-refractivity contribution in [3.8, 4) is 22.3 Å². The predicted octanol–water partition coefficient (Wildman–Crippen LogP) is 15.8. The van der Waals surface area contributed by atoms with Crippen molar-refractivity contribution < 1.29 is 4.42 Å². The van der Waals surface area contributed by atoms with E-state index in [1.807, 2.05) is 0 Å². The number of aromatic nitrogens is 1. The molecule has 2 aromatic heterocycles. The first-order valence-electron chi connectivity index (χ1n) is 23.6. The van der Waals surface area contributed by atoms with E-state index in [0.29, 0.717) is 0 Å². The Hall–Kier alpha value is -7.76. The van der Waals surface area contributed by atoms with E-state index in [9.17, 15) is 0 Å². The summed E-state index contributed by atoms with van der Waals surface area (Å²) in [6.45, 7) is 13.9. The lowest BCUT2D eigenvalue weighted by molar-refractivity contribution is 0.590. The third-order valence-corrected chi connectivity index (χ3v) is 14.4. The SMILES string of the molecule is CC(C)(C)c1ccc2c(c1)c1cc(C(C)(C)C)cc3c1n2B1c2ccc(N(c4ccccc4)c4ccccc4)cc2N(c2cccc4c2oc2ccccc24)c2cc(-c4ccccc4)cc-3c21. The van der Waals surface area contributed by atoms with Gasteiger partial charge in [0.25, 0.3) is 0 Å². The minimum Gasteiger partial charge on any atom is -0.454 e. The van der Waals surface area contributed by atoms with Crippen LogP contribution in [0.3, 0.4) is 0 Å². The van der Waals surface area contributed by atoms with Crippen LogP contribution in [0.15, 0.2) is 199 Å². The molecule has 0 spiro atoms. The summed E-state index contributed by atoms with van der Waals surface area (Å²) in [6.07, 6.45) is 0. The highest BCUT2D eigenvalue weighted by atomic mass is 16.3. The topological polar surface area (TPSA) is 24.6 Å². The first-order chi connectivity index (χ1) is 32.5. The quantitative estimate of drug-likeness (QED) is 0.161. The largest absolute Gasteiger partial charge is 0.454 e. The zero-order valence-electron chi connectivity index (χ0n) is 38.8. The molecule has 0 saturated heterocycles. The standard InChI is InChI=1S/C62H50BN3O/c1-61(2,3)41-29-32-53-48(35-41)50-36-42(62(4,5)6)37-51-49-33-40(39-19-10-7-11-20-39)34-56-58(49)63(66(53)59(50)51)52-31-30-45(64(43-21-12-8-13-22-43)44-23-14-9-15-24-44)38-55(52)65(56)54-27-18-26-47-46-25-16-17-28-57(46)67-60(47)54/h7-38H,1-6H3. The van der Waals surface area contributed by atoms with Crippen LogP contribution in [0.2, 0.25) is 0 Å². The van der Waals surface area contributed by atoms with Crippen molar-refractivity contribution in [1.82, 2.24) is 4.48 Å². The molecule has 0 bridgehead atoms. The molecule has 0 aliphatic carbocycles. The van der Waals surface area contributed by atoms with Crippen molar-refractivity contribution >= 4 is 95.6 Å². The summed E-state index contributed by atoms with van der Waals surface area (Å²) in [5.41, 5.74) is 20.9. The Balaban J connectivity index is 1.20. The van der Waals surface area contributed by atoms with Gasteiger partial charge in [-0.25, -0.2) is 0 Å². The van der Waals surface area contributed by atoms with Gasteiger partial charge in [0.1, 0.15) is 5.58 Å². The molecule has 0 amide bonds. The minimum absolute atomic E-state index is 0.0105. The average Bonchev–Trinajstić information content (AvgIpc) is 3.89. The van der Waals surface area contributed by atoms with Crippen LogP contribution >= 0.6 is 0 Å². The first-order valence-corrected chi connectivity index (χ1v) is 23.6. The molecule has 0 unspecified atom stereocenters. The number of rotatable bonds is 5. The maximum absolute atomic E-state index is 6.98. The van der Waals surface area contributed by atoms with E-state index in [0.717, 1.165) is 56.1 Å². The normalized spacial score (nSPS) is 13.2. The maximum atomic E-state index is 6.98. The van der Waals surface area contributed by atoms with Crippen LogP contribution in [0.4, 0.5) is 34.1 Å². The molecular weight excluding hydrogens is 814 g/mol. The molecule has 0 radical (unpaired) electrons. The Morgan fingerprint density at radius 1 is 0.448 bits per heavy atom. The van der Waals surface area contributed by atoms with Crippen molar-refractivity contribution in [2.24, 2.45) is 0 Å². The number of hydrogen-bond acceptors (Lipinski definition) is 3. The molecule has 2 aliphatic heterocycles. The number of hydrogen-bond donors (Lipinski definition) is 0. The van der Waals surface area contributed by atoms with Crippen LogP contribution in [0.5, 0.6) is 0 Å². The third-order valence-electron chi connectivity index (χ3n) is 14.4. The smallest absolute Gasteiger partial charge is 0.333 e. The fourth-order valence-electron chi connectivity index (χ4n) is 11.1. The van der Waals surface area contributed by atoms with Crippen molar-refractivity contribution in [3.63, 3.8) is 0 Å². The fraction of sp³-hybridized carbons (Fsp3) is 0.129. The van der Waals surface area contributed by atoms with E-state index >= 15 is 0 Å². The summed E-state index contributed by atoms with van der Waals surface area (Å²) in [7, 11) is 0. The van der Waals surface area contributed by atoms with Crippen LogP contribution in [0, 0.1) is 0 Å². The van der Waals surface area contributed by atoms with Crippen molar-refractivity contribution in [2.75, 3.05) is 9.80 Å². The minimum atomic E-state index is -0.125. The Morgan fingerprint density at radius 2 is 1.10 bits per heavy atom. The van der Waals surface area contributed by atoms with Gasteiger partial charge in [0.2, 0.25) is 0 Å². The Kier molecular flexibility index (Phi) is 8.49. The molecule has 0 N–H and O–H groups in total. The Bertz CT molecular complexity index is 3740. The molecule has 11 aromatic rings. The molecule has 4 heterocycles. The van der Waals surface area contributed by atoms with E-state index in [4.69, 9.17) is 4.42 Å². The molecule has 0 atom stereocenters. The van der Waals surface area contributed by atoms with Crippen LogP contribution in [0.25, 0.3) is 66.0 Å². The second-order valence-corrected chi connectivity index (χ2v) is 20.6. The van der Waals surface area contributed by atoms with E-state index in [1.165, 1.54) is 66.1 Å². The van der Waals surface area contributed by atoms with Gasteiger partial charge in [-0.15, -0.1) is 0 Å². The van der Waals surface area contributed by atoms with Crippen LogP contribution < -0.4 is 20.7 Å². The molecule has 0 fully saturated rings. The Labute approximate surface area is 392 Å². The summed E-state index contributed by atoms with van der Waals surface area (Å²) >= 11 is 0. The van der Waals surface area contributed by atoms with Crippen LogP contribution in [-0.4, -0.2) is 11.3 Å². The second-order valence-electron chi connectivity index (χ2n) is 20.6. The Morgan fingerprint density at radius 3 is 1.82 bits per heavy atom. The molecular formula is C62H50BN3O. The highest BCUT2D eigenvalue weighted by Gasteiger charge is 2.44. The number of nitrogens with zero attached hydrogens (tertiary/aromatic N) is 3. The van der Waals surface area contributed by atoms with Gasteiger partial charge in [-0.3, -0.25) is 0 Å². The summed E-state index contributed by atoms with van der Waals surface area (Å²) in [6, 6.07) is 71.8. The van der Waals surface area contributed by atoms with Gasteiger partial charge in [-0.05, 0) is 135 Å². The summed E-state index contributed by atoms with van der Waals surface area (Å²) < 4.78 is 9.67. The van der Waals surface area contributed by atoms with Crippen molar-refractivity contribution in [1.29, 1.82) is 0 Å². The number of para-hydroxylation sites is 4. The molecule has 13 rings (SSSR count). The number of fused-ring (bicyclic) bond motifs is 10. The van der Waals surface area contributed by atoms with E-state index in [1.54, 1.807) is 0 Å². The first kappa shape index (κ1) is 39.6. The maximum Gasteiger partial charge on any atom is 0.333 e. The van der Waals surface area contributed by atoms with Gasteiger partial charge in [0.05, 0.1) is 5.69 Å². The lowest BCUT2D eigenvalue weighted by atomic mass is 9.45. The second kappa shape index (κ2) is 14.4. The fourth-order valence-corrected chi connectivity index (χ4v) is 11.1. The third kappa shape index (κ3) is 6.00. The van der Waals surface area contributed by atoms with Gasteiger partial charge < -0.3 is 18.7 Å². The van der Waals surface area contributed by atoms with Gasteiger partial charge in [0, 0.05) is 66.6 Å². The highest BCUT2D eigenvalue weighted by Crippen LogP contribution is 2.51. The molecule has 2 aliphatic rings. The molecule has 67 heavy (non-hydrogen) atoms. The predicted molar refractivity (Wildman–Crippen MR) is 285 cm³/mol. The van der Waals surface area contributed by atoms with Gasteiger partial charge in [-0.2, -0.15) is 0 Å². The highest BCUT2D eigenvalue weighted by molar-refractivity contribution is 6.90. The molecule has 5 heteroatoms. The average molecular weight is 864 g/mol. The van der Waals surface area contributed by atoms with Crippen molar-refractivity contribution in [3.05, 3.63) is 205 Å². The summed E-state index contributed by atoms with van der Waals surface area (Å²) in [5.74, 6) is 0. The van der Waals surface area contributed by atoms with Gasteiger partial charge in [0.15, 0.2) is 5.58 Å². The lowest BCUT2D eigenvalue weighted by Crippen LogP contribution is -2.56. The monoisotopic (exact) mass is 863 g/mol. The van der Waals surface area contributed by atoms with Gasteiger partial charge in [-0.1, -0.05) is 151 Å². The van der Waals surface area contributed by atoms with Gasteiger partial charge >= 0.3 is 6.85 Å².